The molecular weight excluding hydrogens is 208 g/mol. The molecule has 0 aromatic carbocycles. The van der Waals surface area contributed by atoms with Crippen LogP contribution in [0.2, 0.25) is 0 Å². The van der Waals surface area contributed by atoms with E-state index in [2.05, 4.69) is 20.8 Å². The Labute approximate surface area is 93.0 Å². The third-order valence-corrected chi connectivity index (χ3v) is 2.24. The van der Waals surface area contributed by atoms with Crippen molar-refractivity contribution in [3.05, 3.63) is 30.0 Å². The van der Waals surface area contributed by atoms with Crippen molar-refractivity contribution in [1.29, 1.82) is 0 Å². The second-order valence-electron chi connectivity index (χ2n) is 3.39. The van der Waals surface area contributed by atoms with Gasteiger partial charge in [-0.2, -0.15) is 0 Å². The fraction of sp³-hybridized carbons (Fsp3) is 0.400. The van der Waals surface area contributed by atoms with Crippen LogP contribution in [0.5, 0.6) is 0 Å². The molecule has 0 saturated carbocycles. The number of anilines is 1. The summed E-state index contributed by atoms with van der Waals surface area (Å²) in [6, 6.07) is 4.15. The van der Waals surface area contributed by atoms with E-state index < -0.39 is 0 Å². The monoisotopic (exact) mass is 222 g/mol. The molecule has 0 radical (unpaired) electrons. The van der Waals surface area contributed by atoms with Crippen molar-refractivity contribution in [3.8, 4) is 0 Å². The molecule has 2 heterocycles. The van der Waals surface area contributed by atoms with Crippen molar-refractivity contribution in [2.24, 2.45) is 0 Å². The number of rotatable bonds is 5. The lowest BCUT2D eigenvalue weighted by atomic mass is 10.3. The second kappa shape index (κ2) is 4.80. The van der Waals surface area contributed by atoms with Crippen LogP contribution in [0.1, 0.15) is 24.6 Å². The first-order chi connectivity index (χ1) is 7.79. The number of furan rings is 1. The van der Waals surface area contributed by atoms with E-state index in [1.165, 1.54) is 0 Å². The van der Waals surface area contributed by atoms with Crippen LogP contribution in [0.15, 0.2) is 27.2 Å². The van der Waals surface area contributed by atoms with Gasteiger partial charge in [0, 0.05) is 0 Å². The van der Waals surface area contributed by atoms with Gasteiger partial charge in [0.25, 0.3) is 0 Å². The molecule has 0 aliphatic heterocycles. The summed E-state index contributed by atoms with van der Waals surface area (Å²) < 4.78 is 10.6. The molecule has 2 aromatic heterocycles. The normalized spacial score (nSPS) is 12.6. The Morgan fingerprint density at radius 2 is 2.31 bits per heavy atom. The molecule has 6 nitrogen and oxygen atoms in total. The molecule has 0 bridgehead atoms. The summed E-state index contributed by atoms with van der Waals surface area (Å²) in [6.07, 6.45) is 1.62. The van der Waals surface area contributed by atoms with Gasteiger partial charge in [-0.3, -0.25) is 0 Å². The highest BCUT2D eigenvalue weighted by Gasteiger charge is 2.11. The highest BCUT2D eigenvalue weighted by atomic mass is 16.4. The van der Waals surface area contributed by atoms with Gasteiger partial charge in [-0.05, 0) is 26.1 Å². The molecule has 0 fully saturated rings. The van der Waals surface area contributed by atoms with Gasteiger partial charge < -0.3 is 19.5 Å². The molecule has 1 unspecified atom stereocenters. The number of nitrogens with zero attached hydrogens (tertiary/aromatic N) is 2. The molecule has 1 atom stereocenters. The first-order valence-electron chi connectivity index (χ1n) is 5.06. The zero-order chi connectivity index (χ0) is 11.4. The Morgan fingerprint density at radius 1 is 1.44 bits per heavy atom. The zero-order valence-corrected chi connectivity index (χ0v) is 9.23. The van der Waals surface area contributed by atoms with E-state index >= 15 is 0 Å². The van der Waals surface area contributed by atoms with E-state index in [1.807, 2.05) is 26.1 Å². The van der Waals surface area contributed by atoms with Gasteiger partial charge in [0.15, 0.2) is 0 Å². The maximum Gasteiger partial charge on any atom is 0.315 e. The van der Waals surface area contributed by atoms with Gasteiger partial charge in [-0.15, -0.1) is 5.10 Å². The zero-order valence-electron chi connectivity index (χ0n) is 9.23. The summed E-state index contributed by atoms with van der Waals surface area (Å²) in [4.78, 5) is 0. The van der Waals surface area contributed by atoms with Gasteiger partial charge in [0.05, 0.1) is 18.8 Å². The highest BCUT2D eigenvalue weighted by molar-refractivity contribution is 5.19. The van der Waals surface area contributed by atoms with Crippen molar-refractivity contribution in [2.45, 2.75) is 19.5 Å². The quantitative estimate of drug-likeness (QED) is 0.799. The summed E-state index contributed by atoms with van der Waals surface area (Å²) in [5, 5.41) is 13.8. The Morgan fingerprint density at radius 3 is 3.00 bits per heavy atom. The van der Waals surface area contributed by atoms with Crippen molar-refractivity contribution in [3.63, 3.8) is 0 Å². The molecule has 2 N–H and O–H groups in total. The molecule has 6 heteroatoms. The fourth-order valence-electron chi connectivity index (χ4n) is 1.18. The third-order valence-electron chi connectivity index (χ3n) is 2.24. The van der Waals surface area contributed by atoms with E-state index in [1.54, 1.807) is 6.26 Å². The Hall–Kier alpha value is -1.82. The molecule has 2 rings (SSSR count). The second-order valence-corrected chi connectivity index (χ2v) is 3.39. The summed E-state index contributed by atoms with van der Waals surface area (Å²) in [5.74, 6) is 1.38. The van der Waals surface area contributed by atoms with Crippen molar-refractivity contribution >= 4 is 6.01 Å². The van der Waals surface area contributed by atoms with E-state index in [4.69, 9.17) is 8.83 Å². The van der Waals surface area contributed by atoms with E-state index in [0.717, 1.165) is 5.76 Å². The topological polar surface area (TPSA) is 76.1 Å². The minimum atomic E-state index is 0.0478. The number of aromatic nitrogens is 2. The van der Waals surface area contributed by atoms with Crippen LogP contribution in [0.4, 0.5) is 6.01 Å². The maximum absolute atomic E-state index is 5.40. The predicted molar refractivity (Wildman–Crippen MR) is 57.8 cm³/mol. The Kier molecular flexibility index (Phi) is 3.21. The third kappa shape index (κ3) is 2.40. The molecule has 0 aliphatic carbocycles. The van der Waals surface area contributed by atoms with E-state index in [0.29, 0.717) is 18.5 Å². The summed E-state index contributed by atoms with van der Waals surface area (Å²) >= 11 is 0. The fourth-order valence-corrected chi connectivity index (χ4v) is 1.18. The average Bonchev–Trinajstić information content (AvgIpc) is 2.96. The van der Waals surface area contributed by atoms with Crippen molar-refractivity contribution < 1.29 is 8.83 Å². The maximum atomic E-state index is 5.40. The summed E-state index contributed by atoms with van der Waals surface area (Å²) in [6.45, 7) is 2.48. The molecule has 0 aliphatic rings. The molecule has 86 valence electrons. The minimum Gasteiger partial charge on any atom is -0.467 e. The van der Waals surface area contributed by atoms with Gasteiger partial charge in [-0.25, -0.2) is 0 Å². The molecule has 2 aromatic rings. The van der Waals surface area contributed by atoms with E-state index in [-0.39, 0.29) is 6.04 Å². The average molecular weight is 222 g/mol. The van der Waals surface area contributed by atoms with Gasteiger partial charge in [0.2, 0.25) is 5.89 Å². The standard InChI is InChI=1S/C10H14N4O2/c1-7(11-2)9-13-14-10(16-9)12-6-8-4-3-5-15-8/h3-5,7,11H,6H2,1-2H3,(H,12,14). The molecule has 0 spiro atoms. The number of nitrogens with one attached hydrogen (secondary N) is 2. The first-order valence-corrected chi connectivity index (χ1v) is 5.06. The van der Waals surface area contributed by atoms with Crippen LogP contribution in [-0.4, -0.2) is 17.2 Å². The van der Waals surface area contributed by atoms with Crippen molar-refractivity contribution in [2.75, 3.05) is 12.4 Å². The molecule has 0 amide bonds. The van der Waals surface area contributed by atoms with E-state index in [9.17, 15) is 0 Å². The van der Waals surface area contributed by atoms with Gasteiger partial charge in [0.1, 0.15) is 5.76 Å². The highest BCUT2D eigenvalue weighted by Crippen LogP contribution is 2.13. The van der Waals surface area contributed by atoms with Crippen LogP contribution >= 0.6 is 0 Å². The summed E-state index contributed by atoms with van der Waals surface area (Å²) in [7, 11) is 1.84. The lowest BCUT2D eigenvalue weighted by molar-refractivity contribution is 0.438. The molecular formula is C10H14N4O2. The SMILES string of the molecule is CNC(C)c1nnc(NCc2ccco2)o1. The van der Waals surface area contributed by atoms with Crippen LogP contribution in [0, 0.1) is 0 Å². The first kappa shape index (κ1) is 10.7. The number of hydrogen-bond donors (Lipinski definition) is 2. The number of hydrogen-bond acceptors (Lipinski definition) is 6. The molecule has 16 heavy (non-hydrogen) atoms. The van der Waals surface area contributed by atoms with Gasteiger partial charge in [-0.1, -0.05) is 5.10 Å². The van der Waals surface area contributed by atoms with Crippen molar-refractivity contribution in [1.82, 2.24) is 15.5 Å². The molecule has 0 saturated heterocycles. The Bertz CT molecular complexity index is 424. The minimum absolute atomic E-state index is 0.0478. The van der Waals surface area contributed by atoms with Crippen LogP contribution in [0.3, 0.4) is 0 Å². The largest absolute Gasteiger partial charge is 0.467 e. The predicted octanol–water partition coefficient (Wildman–Crippen LogP) is 1.56. The van der Waals surface area contributed by atoms with Crippen LogP contribution < -0.4 is 10.6 Å². The smallest absolute Gasteiger partial charge is 0.315 e. The van der Waals surface area contributed by atoms with Gasteiger partial charge >= 0.3 is 6.01 Å². The van der Waals surface area contributed by atoms with Crippen LogP contribution in [-0.2, 0) is 6.54 Å². The van der Waals surface area contributed by atoms with Crippen LogP contribution in [0.25, 0.3) is 0 Å². The lowest BCUT2D eigenvalue weighted by Crippen LogP contribution is -2.12. The Balaban J connectivity index is 1.93. The summed E-state index contributed by atoms with van der Waals surface area (Å²) in [5.41, 5.74) is 0. The lowest BCUT2D eigenvalue weighted by Gasteiger charge is -2.02.